The van der Waals surface area contributed by atoms with Crippen LogP contribution in [0.15, 0.2) is 24.3 Å². The van der Waals surface area contributed by atoms with Gasteiger partial charge in [0, 0.05) is 12.1 Å². The van der Waals surface area contributed by atoms with E-state index in [1.54, 1.807) is 11.1 Å². The number of benzene rings is 1. The van der Waals surface area contributed by atoms with E-state index in [0.717, 1.165) is 17.9 Å². The van der Waals surface area contributed by atoms with Crippen molar-refractivity contribution in [2.45, 2.75) is 58.0 Å². The first-order chi connectivity index (χ1) is 8.75. The maximum Gasteiger partial charge on any atom is 0.0328 e. The van der Waals surface area contributed by atoms with Crippen LogP contribution in [0.25, 0.3) is 0 Å². The minimum absolute atomic E-state index is 0.610. The number of rotatable bonds is 2. The molecule has 1 aromatic rings. The summed E-state index contributed by atoms with van der Waals surface area (Å²) in [5.74, 6) is 1.71. The van der Waals surface area contributed by atoms with E-state index in [9.17, 15) is 0 Å². The van der Waals surface area contributed by atoms with Crippen molar-refractivity contribution >= 4 is 0 Å². The van der Waals surface area contributed by atoms with E-state index >= 15 is 0 Å². The second-order valence-corrected chi connectivity index (χ2v) is 6.33. The zero-order valence-electron chi connectivity index (χ0n) is 11.7. The fourth-order valence-electron chi connectivity index (χ4n) is 3.81. The molecule has 2 aliphatic rings. The summed E-state index contributed by atoms with van der Waals surface area (Å²) in [5.41, 5.74) is 3.12. The predicted octanol–water partition coefficient (Wildman–Crippen LogP) is 4.09. The number of hydrogen-bond donors (Lipinski definition) is 1. The van der Waals surface area contributed by atoms with Gasteiger partial charge in [0.05, 0.1) is 0 Å². The number of nitrogens with one attached hydrogen (secondary N) is 1. The molecule has 0 bridgehead atoms. The second-order valence-electron chi connectivity index (χ2n) is 6.33. The van der Waals surface area contributed by atoms with Gasteiger partial charge < -0.3 is 5.32 Å². The number of aryl methyl sites for hydroxylation is 1. The van der Waals surface area contributed by atoms with Crippen LogP contribution in [0, 0.1) is 11.8 Å². The van der Waals surface area contributed by atoms with E-state index in [0.29, 0.717) is 6.04 Å². The van der Waals surface area contributed by atoms with E-state index in [1.807, 2.05) is 0 Å². The molecule has 0 aromatic heterocycles. The third kappa shape index (κ3) is 2.21. The molecule has 1 aromatic carbocycles. The molecule has 1 fully saturated rings. The molecule has 0 aliphatic heterocycles. The molecule has 3 rings (SSSR count). The maximum atomic E-state index is 3.95. The molecule has 1 heteroatoms. The third-order valence-electron chi connectivity index (χ3n) is 5.25. The van der Waals surface area contributed by atoms with Crippen molar-refractivity contribution in [1.29, 1.82) is 0 Å². The van der Waals surface area contributed by atoms with Crippen LogP contribution < -0.4 is 5.32 Å². The summed E-state index contributed by atoms with van der Waals surface area (Å²) in [7, 11) is 0. The Labute approximate surface area is 111 Å². The maximum absolute atomic E-state index is 3.95. The quantitative estimate of drug-likeness (QED) is 0.825. The first kappa shape index (κ1) is 12.2. The normalized spacial score (nSPS) is 35.4. The molecule has 98 valence electrons. The Hall–Kier alpha value is -0.820. The molecule has 1 N–H and O–H groups in total. The monoisotopic (exact) mass is 243 g/mol. The molecule has 0 radical (unpaired) electrons. The van der Waals surface area contributed by atoms with Gasteiger partial charge in [0.1, 0.15) is 0 Å². The topological polar surface area (TPSA) is 12.0 Å². The van der Waals surface area contributed by atoms with Crippen molar-refractivity contribution in [3.8, 4) is 0 Å². The minimum Gasteiger partial charge on any atom is -0.307 e. The van der Waals surface area contributed by atoms with Crippen LogP contribution in [0.4, 0.5) is 0 Å². The van der Waals surface area contributed by atoms with Crippen LogP contribution in [0.5, 0.6) is 0 Å². The standard InChI is InChI=1S/C17H25N/c1-12-6-5-9-16(13(12)2)18-17-11-10-14-7-3-4-8-15(14)17/h3-4,7-8,12-13,16-18H,5-6,9-11H2,1-2H3. The van der Waals surface area contributed by atoms with Crippen LogP contribution in [-0.4, -0.2) is 6.04 Å². The lowest BCUT2D eigenvalue weighted by molar-refractivity contribution is 0.193. The third-order valence-corrected chi connectivity index (χ3v) is 5.25. The zero-order valence-corrected chi connectivity index (χ0v) is 11.7. The SMILES string of the molecule is CC1CCCC(NC2CCc3ccccc32)C1C. The first-order valence-electron chi connectivity index (χ1n) is 7.59. The summed E-state index contributed by atoms with van der Waals surface area (Å²) in [6, 6.07) is 10.3. The fraction of sp³-hybridized carbons (Fsp3) is 0.647. The Balaban J connectivity index is 1.71. The molecule has 0 saturated heterocycles. The van der Waals surface area contributed by atoms with E-state index < -0.39 is 0 Å². The Morgan fingerprint density at radius 2 is 1.89 bits per heavy atom. The van der Waals surface area contributed by atoms with Gasteiger partial charge in [-0.3, -0.25) is 0 Å². The van der Waals surface area contributed by atoms with Gasteiger partial charge in [0.25, 0.3) is 0 Å². The molecule has 0 amide bonds. The van der Waals surface area contributed by atoms with Crippen LogP contribution in [-0.2, 0) is 6.42 Å². The molecule has 4 atom stereocenters. The number of hydrogen-bond acceptors (Lipinski definition) is 1. The van der Waals surface area contributed by atoms with E-state index in [1.165, 1.54) is 32.1 Å². The van der Waals surface area contributed by atoms with Gasteiger partial charge in [-0.2, -0.15) is 0 Å². The number of fused-ring (bicyclic) bond motifs is 1. The van der Waals surface area contributed by atoms with Crippen molar-refractivity contribution in [3.05, 3.63) is 35.4 Å². The van der Waals surface area contributed by atoms with Crippen molar-refractivity contribution in [2.24, 2.45) is 11.8 Å². The molecule has 2 aliphatic carbocycles. The zero-order chi connectivity index (χ0) is 12.5. The molecule has 1 saturated carbocycles. The summed E-state index contributed by atoms with van der Waals surface area (Å²) >= 11 is 0. The van der Waals surface area contributed by atoms with E-state index in [-0.39, 0.29) is 0 Å². The smallest absolute Gasteiger partial charge is 0.0328 e. The minimum atomic E-state index is 0.610. The Kier molecular flexibility index (Phi) is 3.43. The van der Waals surface area contributed by atoms with Gasteiger partial charge in [-0.25, -0.2) is 0 Å². The Bertz CT molecular complexity index is 412. The van der Waals surface area contributed by atoms with Gasteiger partial charge >= 0.3 is 0 Å². The molecule has 1 nitrogen and oxygen atoms in total. The molecule has 0 spiro atoms. The van der Waals surface area contributed by atoms with Crippen molar-refractivity contribution < 1.29 is 0 Å². The van der Waals surface area contributed by atoms with Gasteiger partial charge in [-0.15, -0.1) is 0 Å². The first-order valence-corrected chi connectivity index (χ1v) is 7.59. The highest BCUT2D eigenvalue weighted by atomic mass is 15.0. The largest absolute Gasteiger partial charge is 0.307 e. The van der Waals surface area contributed by atoms with E-state index in [2.05, 4.69) is 43.4 Å². The average Bonchev–Trinajstić information content (AvgIpc) is 2.79. The van der Waals surface area contributed by atoms with Crippen LogP contribution in [0.2, 0.25) is 0 Å². The van der Waals surface area contributed by atoms with Gasteiger partial charge in [0.15, 0.2) is 0 Å². The second kappa shape index (κ2) is 5.05. The van der Waals surface area contributed by atoms with Gasteiger partial charge in [-0.05, 0) is 42.2 Å². The van der Waals surface area contributed by atoms with Crippen LogP contribution >= 0.6 is 0 Å². The lowest BCUT2D eigenvalue weighted by atomic mass is 9.77. The molecular formula is C17H25N. The summed E-state index contributed by atoms with van der Waals surface area (Å²) in [6.45, 7) is 4.85. The molecule has 18 heavy (non-hydrogen) atoms. The lowest BCUT2D eigenvalue weighted by Crippen LogP contribution is -2.41. The van der Waals surface area contributed by atoms with Crippen LogP contribution in [0.1, 0.15) is 56.7 Å². The van der Waals surface area contributed by atoms with Crippen molar-refractivity contribution in [1.82, 2.24) is 5.32 Å². The summed E-state index contributed by atoms with van der Waals surface area (Å²) in [6.07, 6.45) is 6.73. The Morgan fingerprint density at radius 1 is 1.06 bits per heavy atom. The van der Waals surface area contributed by atoms with Crippen molar-refractivity contribution in [3.63, 3.8) is 0 Å². The van der Waals surface area contributed by atoms with Gasteiger partial charge in [0.2, 0.25) is 0 Å². The molecular weight excluding hydrogens is 218 g/mol. The highest BCUT2D eigenvalue weighted by molar-refractivity contribution is 5.34. The predicted molar refractivity (Wildman–Crippen MR) is 76.6 cm³/mol. The van der Waals surface area contributed by atoms with Gasteiger partial charge in [-0.1, -0.05) is 51.0 Å². The Morgan fingerprint density at radius 3 is 2.78 bits per heavy atom. The average molecular weight is 243 g/mol. The highest BCUT2D eigenvalue weighted by Gasteiger charge is 2.30. The summed E-state index contributed by atoms with van der Waals surface area (Å²) in [4.78, 5) is 0. The molecule has 4 unspecified atom stereocenters. The highest BCUT2D eigenvalue weighted by Crippen LogP contribution is 2.35. The summed E-state index contributed by atoms with van der Waals surface area (Å²) in [5, 5.41) is 3.95. The van der Waals surface area contributed by atoms with E-state index in [4.69, 9.17) is 0 Å². The summed E-state index contributed by atoms with van der Waals surface area (Å²) < 4.78 is 0. The van der Waals surface area contributed by atoms with Crippen molar-refractivity contribution in [2.75, 3.05) is 0 Å². The van der Waals surface area contributed by atoms with Crippen LogP contribution in [0.3, 0.4) is 0 Å². The molecule has 0 heterocycles. The fourth-order valence-corrected chi connectivity index (χ4v) is 3.81. The lowest BCUT2D eigenvalue weighted by Gasteiger charge is -2.36.